The summed E-state index contributed by atoms with van der Waals surface area (Å²) in [6, 6.07) is 17.3. The summed E-state index contributed by atoms with van der Waals surface area (Å²) >= 11 is 0. The number of ether oxygens (including phenoxy) is 1. The summed E-state index contributed by atoms with van der Waals surface area (Å²) in [6.07, 6.45) is 22.5. The van der Waals surface area contributed by atoms with Gasteiger partial charge in [0.2, 0.25) is 0 Å². The molecule has 3 heteroatoms. The Balaban J connectivity index is 1.47. The van der Waals surface area contributed by atoms with Crippen molar-refractivity contribution in [2.24, 2.45) is 0 Å². The molecule has 3 nitrogen and oxygen atoms in total. The molecular formula is C31H47NO2. The Labute approximate surface area is 208 Å². The van der Waals surface area contributed by atoms with Gasteiger partial charge in [-0.2, -0.15) is 0 Å². The number of carbonyl (C=O) groups excluding carboxylic acids is 1. The number of nitrogens with one attached hydrogen (secondary N) is 1. The maximum atomic E-state index is 12.2. The Hall–Kier alpha value is -2.29. The largest absolute Gasteiger partial charge is 0.417 e. The molecule has 0 spiro atoms. The maximum absolute atomic E-state index is 12.2. The Bertz CT molecular complexity index is 759. The average Bonchev–Trinajstić information content (AvgIpc) is 2.85. The first-order chi connectivity index (χ1) is 16.8. The Kier molecular flexibility index (Phi) is 15.7. The maximum Gasteiger partial charge on any atom is 0.417 e. The molecule has 0 aromatic heterocycles. The summed E-state index contributed by atoms with van der Waals surface area (Å²) in [5.74, 6) is 0.664. The van der Waals surface area contributed by atoms with Gasteiger partial charge in [0.05, 0.1) is 0 Å². The van der Waals surface area contributed by atoms with Crippen LogP contribution in [0.5, 0.6) is 5.75 Å². The third kappa shape index (κ3) is 13.4. The average molecular weight is 466 g/mol. The molecule has 188 valence electrons. The van der Waals surface area contributed by atoms with Crippen molar-refractivity contribution in [3.05, 3.63) is 60.2 Å². The summed E-state index contributed by atoms with van der Waals surface area (Å²) < 4.78 is 5.58. The van der Waals surface area contributed by atoms with Gasteiger partial charge < -0.3 is 4.74 Å². The third-order valence-electron chi connectivity index (χ3n) is 6.50. The van der Waals surface area contributed by atoms with E-state index in [1.807, 2.05) is 48.5 Å². The number of unbranched alkanes of at least 4 members (excludes halogenated alkanes) is 15. The van der Waals surface area contributed by atoms with Crippen molar-refractivity contribution >= 4 is 11.8 Å². The molecule has 1 N–H and O–H groups in total. The van der Waals surface area contributed by atoms with Crippen LogP contribution in [0.15, 0.2) is 54.6 Å². The number of benzene rings is 2. The Morgan fingerprint density at radius 3 is 1.65 bits per heavy atom. The lowest BCUT2D eigenvalue weighted by Gasteiger charge is -2.11. The number of para-hydroxylation sites is 2. The zero-order chi connectivity index (χ0) is 24.1. The van der Waals surface area contributed by atoms with Gasteiger partial charge in [-0.1, -0.05) is 140 Å². The smallest absolute Gasteiger partial charge is 0.410 e. The molecule has 0 aliphatic carbocycles. The summed E-state index contributed by atoms with van der Waals surface area (Å²) in [5.41, 5.74) is 1.85. The van der Waals surface area contributed by atoms with Crippen molar-refractivity contribution in [3.8, 4) is 5.75 Å². The minimum atomic E-state index is -0.439. The molecule has 0 unspecified atom stereocenters. The van der Waals surface area contributed by atoms with E-state index in [2.05, 4.69) is 18.3 Å². The Morgan fingerprint density at radius 2 is 1.09 bits per heavy atom. The number of hydrogen-bond donors (Lipinski definition) is 1. The van der Waals surface area contributed by atoms with Crippen LogP contribution in [0.1, 0.15) is 115 Å². The monoisotopic (exact) mass is 465 g/mol. The van der Waals surface area contributed by atoms with Crippen molar-refractivity contribution in [1.29, 1.82) is 0 Å². The van der Waals surface area contributed by atoms with Gasteiger partial charge in [0.25, 0.3) is 0 Å². The molecule has 0 saturated carbocycles. The van der Waals surface area contributed by atoms with E-state index in [0.717, 1.165) is 24.1 Å². The molecule has 0 aliphatic heterocycles. The van der Waals surface area contributed by atoms with E-state index in [4.69, 9.17) is 4.74 Å². The predicted molar refractivity (Wildman–Crippen MR) is 146 cm³/mol. The van der Waals surface area contributed by atoms with E-state index < -0.39 is 6.09 Å². The van der Waals surface area contributed by atoms with Gasteiger partial charge in [-0.3, -0.25) is 5.32 Å². The van der Waals surface area contributed by atoms with Crippen molar-refractivity contribution < 1.29 is 9.53 Å². The molecule has 0 atom stereocenters. The minimum Gasteiger partial charge on any atom is -0.410 e. The molecule has 0 aliphatic rings. The predicted octanol–water partition coefficient (Wildman–Crippen LogP) is 10.1. The molecule has 1 amide bonds. The van der Waals surface area contributed by atoms with E-state index in [0.29, 0.717) is 5.75 Å². The SMILES string of the molecule is CCCCCCCCCCCCCCCCCCc1ccccc1OC(=O)Nc1ccccc1. The fraction of sp³-hybridized carbons (Fsp3) is 0.581. The number of amides is 1. The summed E-state index contributed by atoms with van der Waals surface area (Å²) in [7, 11) is 0. The van der Waals surface area contributed by atoms with Gasteiger partial charge in [-0.25, -0.2) is 4.79 Å². The van der Waals surface area contributed by atoms with Gasteiger partial charge in [-0.05, 0) is 36.6 Å². The first kappa shape index (κ1) is 28.0. The van der Waals surface area contributed by atoms with Gasteiger partial charge in [0.1, 0.15) is 5.75 Å². The van der Waals surface area contributed by atoms with E-state index in [9.17, 15) is 4.79 Å². The van der Waals surface area contributed by atoms with Crippen molar-refractivity contribution in [1.82, 2.24) is 0 Å². The van der Waals surface area contributed by atoms with E-state index in [-0.39, 0.29) is 0 Å². The highest BCUT2D eigenvalue weighted by Crippen LogP contribution is 2.22. The van der Waals surface area contributed by atoms with Crippen LogP contribution in [0.4, 0.5) is 10.5 Å². The highest BCUT2D eigenvalue weighted by molar-refractivity contribution is 5.86. The molecule has 0 saturated heterocycles. The quantitative estimate of drug-likeness (QED) is 0.210. The van der Waals surface area contributed by atoms with Crippen molar-refractivity contribution in [3.63, 3.8) is 0 Å². The highest BCUT2D eigenvalue weighted by Gasteiger charge is 2.09. The lowest BCUT2D eigenvalue weighted by atomic mass is 10.0. The van der Waals surface area contributed by atoms with Gasteiger partial charge >= 0.3 is 6.09 Å². The van der Waals surface area contributed by atoms with Crippen LogP contribution in [0.25, 0.3) is 0 Å². The lowest BCUT2D eigenvalue weighted by molar-refractivity contribution is 0.214. The van der Waals surface area contributed by atoms with Crippen LogP contribution < -0.4 is 10.1 Å². The number of rotatable bonds is 19. The number of hydrogen-bond acceptors (Lipinski definition) is 2. The first-order valence-corrected chi connectivity index (χ1v) is 13.9. The van der Waals surface area contributed by atoms with E-state index in [1.165, 1.54) is 96.3 Å². The van der Waals surface area contributed by atoms with E-state index >= 15 is 0 Å². The summed E-state index contributed by atoms with van der Waals surface area (Å²) in [4.78, 5) is 12.2. The fourth-order valence-corrected chi connectivity index (χ4v) is 4.44. The van der Waals surface area contributed by atoms with Crippen LogP contribution in [0.2, 0.25) is 0 Å². The second kappa shape index (κ2) is 19.1. The molecule has 0 fully saturated rings. The topological polar surface area (TPSA) is 38.3 Å². The molecule has 2 aromatic carbocycles. The Morgan fingerprint density at radius 1 is 0.618 bits per heavy atom. The number of aryl methyl sites for hydroxylation is 1. The fourth-order valence-electron chi connectivity index (χ4n) is 4.44. The van der Waals surface area contributed by atoms with Gasteiger partial charge in [0.15, 0.2) is 0 Å². The summed E-state index contributed by atoms with van der Waals surface area (Å²) in [6.45, 7) is 2.28. The van der Waals surface area contributed by atoms with Crippen LogP contribution in [-0.4, -0.2) is 6.09 Å². The third-order valence-corrected chi connectivity index (χ3v) is 6.50. The molecule has 2 aromatic rings. The molecular weight excluding hydrogens is 418 g/mol. The van der Waals surface area contributed by atoms with E-state index in [1.54, 1.807) is 0 Å². The van der Waals surface area contributed by atoms with Crippen LogP contribution in [0, 0.1) is 0 Å². The standard InChI is InChI=1S/C31H47NO2/c1-2-3-4-5-6-7-8-9-10-11-12-13-14-15-16-18-23-28-24-21-22-27-30(28)34-31(33)32-29-25-19-17-20-26-29/h17,19-22,24-27H,2-16,18,23H2,1H3,(H,32,33). The highest BCUT2D eigenvalue weighted by atomic mass is 16.6. The molecule has 0 heterocycles. The molecule has 2 rings (SSSR count). The second-order valence-electron chi connectivity index (χ2n) is 9.54. The summed E-state index contributed by atoms with van der Waals surface area (Å²) in [5, 5.41) is 2.78. The molecule has 0 bridgehead atoms. The van der Waals surface area contributed by atoms with Crippen LogP contribution >= 0.6 is 0 Å². The van der Waals surface area contributed by atoms with Crippen molar-refractivity contribution in [2.45, 2.75) is 116 Å². The molecule has 34 heavy (non-hydrogen) atoms. The van der Waals surface area contributed by atoms with Crippen LogP contribution in [-0.2, 0) is 6.42 Å². The van der Waals surface area contributed by atoms with Gasteiger partial charge in [0, 0.05) is 5.69 Å². The lowest BCUT2D eigenvalue weighted by Crippen LogP contribution is -2.17. The zero-order valence-electron chi connectivity index (χ0n) is 21.5. The van der Waals surface area contributed by atoms with Crippen LogP contribution in [0.3, 0.4) is 0 Å². The number of anilines is 1. The second-order valence-corrected chi connectivity index (χ2v) is 9.54. The zero-order valence-corrected chi connectivity index (χ0v) is 21.5. The normalized spacial score (nSPS) is 10.9. The minimum absolute atomic E-state index is 0.439. The van der Waals surface area contributed by atoms with Gasteiger partial charge in [-0.15, -0.1) is 0 Å². The first-order valence-electron chi connectivity index (χ1n) is 13.9. The molecule has 0 radical (unpaired) electrons. The number of carbonyl (C=O) groups is 1. The van der Waals surface area contributed by atoms with Crippen molar-refractivity contribution in [2.75, 3.05) is 5.32 Å².